The van der Waals surface area contributed by atoms with E-state index in [1.807, 2.05) is 0 Å². The second-order valence-corrected chi connectivity index (χ2v) is 9.91. The quantitative estimate of drug-likeness (QED) is 0.707. The van der Waals surface area contributed by atoms with Crippen LogP contribution in [0, 0.1) is 0 Å². The molecule has 2 aliphatic rings. The van der Waals surface area contributed by atoms with Crippen molar-refractivity contribution in [3.05, 3.63) is 27.2 Å². The number of anilines is 1. The normalized spacial score (nSPS) is 27.5. The van der Waals surface area contributed by atoms with Gasteiger partial charge in [-0.05, 0) is 12.1 Å². The van der Waals surface area contributed by atoms with E-state index in [0.717, 1.165) is 0 Å². The number of hydrogen-bond acceptors (Lipinski definition) is 4. The molecule has 2 fully saturated rings. The Morgan fingerprint density at radius 1 is 1.26 bits per heavy atom. The Balaban J connectivity index is 2.14. The third-order valence-electron chi connectivity index (χ3n) is 3.54. The van der Waals surface area contributed by atoms with Gasteiger partial charge in [0, 0.05) is 17.2 Å². The van der Waals surface area contributed by atoms with Crippen LogP contribution in [-0.4, -0.2) is 42.3 Å². The van der Waals surface area contributed by atoms with Gasteiger partial charge < -0.3 is 4.90 Å². The zero-order valence-corrected chi connectivity index (χ0v) is 15.7. The van der Waals surface area contributed by atoms with Gasteiger partial charge in [-0.2, -0.15) is 4.99 Å². The summed E-state index contributed by atoms with van der Waals surface area (Å²) in [5.41, 5.74) is 0.426. The molecule has 0 saturated carbocycles. The first kappa shape index (κ1) is 17.4. The molecule has 0 N–H and O–H groups in total. The van der Waals surface area contributed by atoms with E-state index < -0.39 is 9.84 Å². The van der Waals surface area contributed by atoms with E-state index in [1.165, 1.54) is 30.8 Å². The third kappa shape index (κ3) is 3.35. The molecule has 1 aromatic rings. The number of nitrogens with zero attached hydrogens (tertiary/aromatic N) is 2. The Morgan fingerprint density at radius 3 is 2.43 bits per heavy atom. The van der Waals surface area contributed by atoms with Crippen LogP contribution in [-0.2, 0) is 14.6 Å². The maximum absolute atomic E-state index is 11.9. The fourth-order valence-electron chi connectivity index (χ4n) is 2.73. The van der Waals surface area contributed by atoms with E-state index in [1.54, 1.807) is 4.90 Å². The molecule has 2 aliphatic heterocycles. The number of rotatable bonds is 1. The number of sulfone groups is 1. The second-order valence-electron chi connectivity index (χ2n) is 5.30. The van der Waals surface area contributed by atoms with Gasteiger partial charge in [0.1, 0.15) is 0 Å². The Bertz CT molecular complexity index is 803. The highest BCUT2D eigenvalue weighted by molar-refractivity contribution is 8.16. The molecular weight excluding hydrogens is 403 g/mol. The first-order chi connectivity index (χ1) is 10.7. The minimum absolute atomic E-state index is 0.0309. The molecule has 3 rings (SSSR count). The lowest BCUT2D eigenvalue weighted by Gasteiger charge is -2.26. The largest absolute Gasteiger partial charge is 0.313 e. The maximum atomic E-state index is 11.9. The topological polar surface area (TPSA) is 66.8 Å². The Hall–Kier alpha value is -0.470. The number of thioether (sulfide) groups is 1. The highest BCUT2D eigenvalue weighted by atomic mass is 35.5. The summed E-state index contributed by atoms with van der Waals surface area (Å²) in [6.45, 7) is 1.33. The fraction of sp³-hybridized carbons (Fsp3) is 0.385. The number of hydrogen-bond donors (Lipinski definition) is 0. The van der Waals surface area contributed by atoms with Gasteiger partial charge in [-0.25, -0.2) is 8.42 Å². The van der Waals surface area contributed by atoms with Crippen molar-refractivity contribution in [3.8, 4) is 0 Å². The Labute approximate surface area is 152 Å². The molecule has 0 aliphatic carbocycles. The highest BCUT2D eigenvalue weighted by Gasteiger charge is 2.50. The third-order valence-corrected chi connectivity index (χ3v) is 7.55. The monoisotopic (exact) mass is 412 g/mol. The summed E-state index contributed by atoms with van der Waals surface area (Å²) in [7, 11) is -3.15. The standard InChI is InChI=1S/C13H11Cl3N2O3S2/c1-6(19)17-13-18(10-4-23(20,21)5-11(10)22-13)12-8(15)2-7(14)3-9(12)16/h2-3,10-11H,4-5H2,1H3/t10-,11+/m0/s1. The lowest BCUT2D eigenvalue weighted by Crippen LogP contribution is -2.38. The predicted octanol–water partition coefficient (Wildman–Crippen LogP) is 3.27. The molecule has 0 unspecified atom stereocenters. The molecule has 2 atom stereocenters. The summed E-state index contributed by atoms with van der Waals surface area (Å²) in [6.07, 6.45) is 0. The van der Waals surface area contributed by atoms with Gasteiger partial charge in [-0.15, -0.1) is 0 Å². The summed E-state index contributed by atoms with van der Waals surface area (Å²) >= 11 is 19.7. The van der Waals surface area contributed by atoms with Gasteiger partial charge in [0.15, 0.2) is 15.0 Å². The van der Waals surface area contributed by atoms with E-state index in [-0.39, 0.29) is 38.7 Å². The van der Waals surface area contributed by atoms with Crippen LogP contribution in [0.3, 0.4) is 0 Å². The Morgan fingerprint density at radius 2 is 1.87 bits per heavy atom. The van der Waals surface area contributed by atoms with Gasteiger partial charge in [0.25, 0.3) is 0 Å². The van der Waals surface area contributed by atoms with Gasteiger partial charge in [0.05, 0.1) is 33.3 Å². The van der Waals surface area contributed by atoms with Crippen LogP contribution in [0.5, 0.6) is 0 Å². The number of benzene rings is 1. The van der Waals surface area contributed by atoms with Crippen LogP contribution in [0.15, 0.2) is 17.1 Å². The zero-order chi connectivity index (χ0) is 16.9. The van der Waals surface area contributed by atoms with Crippen molar-refractivity contribution in [2.45, 2.75) is 18.2 Å². The number of amides is 1. The SMILES string of the molecule is CC(=O)N=C1S[C@@H]2CS(=O)(=O)C[C@@H]2N1c1c(Cl)cc(Cl)cc1Cl. The van der Waals surface area contributed by atoms with Crippen LogP contribution in [0.25, 0.3) is 0 Å². The summed E-state index contributed by atoms with van der Waals surface area (Å²) in [5.74, 6) is -0.364. The van der Waals surface area contributed by atoms with E-state index in [2.05, 4.69) is 4.99 Å². The lowest BCUT2D eigenvalue weighted by atomic mass is 10.2. The van der Waals surface area contributed by atoms with Crippen molar-refractivity contribution in [1.82, 2.24) is 0 Å². The van der Waals surface area contributed by atoms with Crippen LogP contribution in [0.4, 0.5) is 5.69 Å². The minimum atomic E-state index is -3.15. The number of amidine groups is 1. The van der Waals surface area contributed by atoms with E-state index in [9.17, 15) is 13.2 Å². The first-order valence-corrected chi connectivity index (χ1v) is 10.4. The van der Waals surface area contributed by atoms with Gasteiger partial charge >= 0.3 is 0 Å². The van der Waals surface area contributed by atoms with Crippen molar-refractivity contribution in [1.29, 1.82) is 0 Å². The molecule has 0 bridgehead atoms. The summed E-state index contributed by atoms with van der Waals surface area (Å²) in [6, 6.07) is 2.69. The molecule has 23 heavy (non-hydrogen) atoms. The van der Waals surface area contributed by atoms with Crippen molar-refractivity contribution < 1.29 is 13.2 Å². The predicted molar refractivity (Wildman–Crippen MR) is 95.9 cm³/mol. The van der Waals surface area contributed by atoms with E-state index in [0.29, 0.717) is 15.9 Å². The molecule has 2 saturated heterocycles. The highest BCUT2D eigenvalue weighted by Crippen LogP contribution is 2.46. The maximum Gasteiger partial charge on any atom is 0.244 e. The molecule has 1 amide bonds. The summed E-state index contributed by atoms with van der Waals surface area (Å²) < 4.78 is 23.9. The molecule has 0 aromatic heterocycles. The summed E-state index contributed by atoms with van der Waals surface area (Å²) in [5, 5.41) is 1.14. The smallest absolute Gasteiger partial charge is 0.244 e. The lowest BCUT2D eigenvalue weighted by molar-refractivity contribution is -0.115. The average molecular weight is 414 g/mol. The average Bonchev–Trinajstić information content (AvgIpc) is 2.81. The fourth-order valence-corrected chi connectivity index (χ4v) is 7.67. The van der Waals surface area contributed by atoms with Crippen LogP contribution >= 0.6 is 46.6 Å². The van der Waals surface area contributed by atoms with E-state index in [4.69, 9.17) is 34.8 Å². The van der Waals surface area contributed by atoms with Crippen molar-refractivity contribution >= 4 is 73.2 Å². The summed E-state index contributed by atoms with van der Waals surface area (Å²) in [4.78, 5) is 17.1. The second kappa shape index (κ2) is 6.11. The van der Waals surface area contributed by atoms with E-state index >= 15 is 0 Å². The van der Waals surface area contributed by atoms with Crippen LogP contribution in [0.1, 0.15) is 6.92 Å². The van der Waals surface area contributed by atoms with Crippen LogP contribution in [0.2, 0.25) is 15.1 Å². The van der Waals surface area contributed by atoms with Crippen LogP contribution < -0.4 is 4.90 Å². The van der Waals surface area contributed by atoms with Gasteiger partial charge in [0.2, 0.25) is 5.91 Å². The number of fused-ring (bicyclic) bond motifs is 1. The van der Waals surface area contributed by atoms with Crippen molar-refractivity contribution in [3.63, 3.8) is 0 Å². The number of carbonyl (C=O) groups is 1. The molecule has 0 radical (unpaired) electrons. The molecule has 5 nitrogen and oxygen atoms in total. The number of carbonyl (C=O) groups excluding carboxylic acids is 1. The molecule has 1 aromatic carbocycles. The molecule has 10 heteroatoms. The van der Waals surface area contributed by atoms with Gasteiger partial charge in [-0.3, -0.25) is 4.79 Å². The molecule has 124 valence electrons. The zero-order valence-electron chi connectivity index (χ0n) is 11.8. The minimum Gasteiger partial charge on any atom is -0.313 e. The first-order valence-electron chi connectivity index (χ1n) is 6.58. The molecule has 2 heterocycles. The molecule has 0 spiro atoms. The number of halogens is 3. The van der Waals surface area contributed by atoms with Crippen molar-refractivity contribution in [2.75, 3.05) is 16.4 Å². The Kier molecular flexibility index (Phi) is 4.61. The molecular formula is C13H11Cl3N2O3S2. The number of aliphatic imine (C=N–C) groups is 1. The van der Waals surface area contributed by atoms with Gasteiger partial charge in [-0.1, -0.05) is 46.6 Å². The van der Waals surface area contributed by atoms with Crippen molar-refractivity contribution in [2.24, 2.45) is 4.99 Å².